The summed E-state index contributed by atoms with van der Waals surface area (Å²) in [6, 6.07) is 62.9. The molecule has 0 saturated carbocycles. The molecule has 21 nitrogen and oxygen atoms in total. The summed E-state index contributed by atoms with van der Waals surface area (Å²) in [5.74, 6) is 0. The molecule has 8 aromatic rings. The fraction of sp³-hybridized carbons (Fsp3) is 0.226. The quantitative estimate of drug-likeness (QED) is 0.138. The van der Waals surface area contributed by atoms with E-state index in [1.807, 2.05) is 0 Å². The topological polar surface area (TPSA) is 349 Å². The average molecular weight is 1540 g/mol. The Morgan fingerprint density at radius 2 is 0.389 bits per heavy atom. The zero-order valence-corrected chi connectivity index (χ0v) is 66.6. The second-order valence-corrected chi connectivity index (χ2v) is 51.7. The molecule has 4 aliphatic rings. The van der Waals surface area contributed by atoms with Gasteiger partial charge in [-0.05, 0) is 56.8 Å². The average Bonchev–Trinajstić information content (AvgIpc) is 1.07. The summed E-state index contributed by atoms with van der Waals surface area (Å²) in [7, 11) is -43.0. The molecule has 4 heterocycles. The van der Waals surface area contributed by atoms with E-state index in [1.165, 1.54) is 123 Å². The molecule has 8 aromatic carbocycles. The van der Waals surface area contributed by atoms with Gasteiger partial charge in [-0.1, -0.05) is 299 Å². The summed E-state index contributed by atoms with van der Waals surface area (Å²) in [5, 5.41) is 0.566. The fourth-order valence-corrected chi connectivity index (χ4v) is 36.9. The number of hydrogen-bond acceptors (Lipinski definition) is 20. The van der Waals surface area contributed by atoms with Crippen LogP contribution in [0.1, 0.15) is 25.7 Å². The number of ether oxygens (including phenoxy) is 2. The third-order valence-electron chi connectivity index (χ3n) is 12.9. The van der Waals surface area contributed by atoms with E-state index in [2.05, 4.69) is 0 Å². The molecule has 0 spiro atoms. The van der Waals surface area contributed by atoms with E-state index in [-0.39, 0.29) is 90.4 Å². The van der Waals surface area contributed by atoms with Crippen LogP contribution in [0.15, 0.2) is 243 Å². The van der Waals surface area contributed by atoms with Gasteiger partial charge in [-0.2, -0.15) is 0 Å². The first-order valence-electron chi connectivity index (χ1n) is 29.8. The summed E-state index contributed by atoms with van der Waals surface area (Å²) < 4.78 is 56.8. The van der Waals surface area contributed by atoms with Gasteiger partial charge in [0.15, 0.2) is 0 Å². The monoisotopic (exact) mass is 1530 g/mol. The van der Waals surface area contributed by atoms with Crippen LogP contribution in [-0.2, 0) is 85.8 Å². The van der Waals surface area contributed by atoms with Crippen molar-refractivity contribution in [2.75, 3.05) is 26.4 Å². The molecular weight excluding hydrogens is 1460 g/mol. The molecular formula is C62H78O21Si10Ti2. The van der Waals surface area contributed by atoms with Crippen molar-refractivity contribution in [3.8, 4) is 0 Å². The van der Waals surface area contributed by atoms with E-state index in [0.717, 1.165) is 26.4 Å². The molecule has 4 fully saturated rings. The predicted molar refractivity (Wildman–Crippen MR) is 358 cm³/mol. The van der Waals surface area contributed by atoms with Gasteiger partial charge in [0.05, 0.1) is 0 Å². The van der Waals surface area contributed by atoms with Crippen LogP contribution in [0.25, 0.3) is 0 Å². The Balaban J connectivity index is 0.000000305. The molecule has 0 bridgehead atoms. The van der Waals surface area contributed by atoms with E-state index >= 15 is 0 Å². The second-order valence-electron chi connectivity index (χ2n) is 23.1. The Hall–Kier alpha value is -3.48. The minimum atomic E-state index is -4.99. The van der Waals surface area contributed by atoms with Gasteiger partial charge in [0.25, 0.3) is 52.8 Å². The summed E-state index contributed by atoms with van der Waals surface area (Å²) in [6.07, 6.45) is 5.11. The van der Waals surface area contributed by atoms with Crippen LogP contribution in [0.3, 0.4) is 0 Å². The van der Waals surface area contributed by atoms with Gasteiger partial charge in [0.2, 0.25) is 0 Å². The van der Waals surface area contributed by atoms with Gasteiger partial charge in [-0.15, -0.1) is 0 Å². The Morgan fingerprint density at radius 1 is 0.263 bits per heavy atom. The van der Waals surface area contributed by atoms with Gasteiger partial charge in [-0.25, -0.2) is 0 Å². The van der Waals surface area contributed by atoms with Crippen LogP contribution in [-0.4, -0.2) is 129 Å². The molecule has 0 radical (unpaired) electrons. The van der Waals surface area contributed by atoms with Gasteiger partial charge in [-0.3, -0.25) is 0 Å². The van der Waals surface area contributed by atoms with Crippen LogP contribution < -0.4 is 79.9 Å². The zero-order valence-electron chi connectivity index (χ0n) is 53.5. The van der Waals surface area contributed by atoms with Crippen LogP contribution >= 0.6 is 0 Å². The summed E-state index contributed by atoms with van der Waals surface area (Å²) in [6.45, 7) is 14.6. The Kier molecular flexibility index (Phi) is 33.4. The molecule has 12 rings (SSSR count). The van der Waals surface area contributed by atoms with Crippen molar-refractivity contribution in [2.45, 2.75) is 65.0 Å². The first-order valence-corrected chi connectivity index (χ1v) is 50.5. The molecule has 0 aliphatic carbocycles. The molecule has 4 unspecified atom stereocenters. The zero-order chi connectivity index (χ0) is 66.6. The normalized spacial score (nSPS) is 27.1. The summed E-state index contributed by atoms with van der Waals surface area (Å²) in [4.78, 5) is 130. The molecule has 0 aromatic heterocycles. The van der Waals surface area contributed by atoms with Gasteiger partial charge in [0, 0.05) is 36.8 Å². The molecule has 4 N–H and O–H groups in total. The molecule has 8 atom stereocenters. The van der Waals surface area contributed by atoms with Crippen LogP contribution in [0.2, 0.25) is 39.3 Å². The molecule has 0 amide bonds. The van der Waals surface area contributed by atoms with E-state index in [1.54, 1.807) is 185 Å². The van der Waals surface area contributed by atoms with E-state index in [0.29, 0.717) is 0 Å². The molecule has 500 valence electrons. The van der Waals surface area contributed by atoms with Crippen molar-refractivity contribution in [2.24, 2.45) is 0 Å². The van der Waals surface area contributed by atoms with Crippen molar-refractivity contribution in [3.63, 3.8) is 0 Å². The smallest absolute Gasteiger partial charge is 0.859 e. The molecule has 4 saturated heterocycles. The number of rotatable bonds is 8. The minimum Gasteiger partial charge on any atom is -0.859 e. The maximum atomic E-state index is 14.4. The van der Waals surface area contributed by atoms with Crippen LogP contribution in [0, 0.1) is 0 Å². The van der Waals surface area contributed by atoms with Crippen molar-refractivity contribution < 1.29 is 139 Å². The standard InChI is InChI=1S/2C24H21O8Si4.2C4H8O.2C3H9OSi.H2O.2Ti/c2*25-33(21-13-5-1-6-14-21)29-34(26,22-15-7-2-8-16-22)31-36(28,24-19-11-4-12-20-24)32-35(27,30-33)23-17-9-3-10-18-23;2*1-2-4-5-3-1;2*1-5(2,3)4;;;/h2*1-20,25H;2*1-4H2;2*1-3H3;1H2;;/q2*-3;;;2*-1;;2*+4/t2*33?,34-,35+,36?;;;;;;;. The molecule has 4 aliphatic heterocycles. The SMILES string of the molecule is C1CCOC1.C1CCOC1.C[Si](C)(C)[O-].C[Si](C)(C)[O-].O.[O-][Si]1(c2ccccc2)O[Si@]([O-])(c2ccccc2)O[Si](O)(c2ccccc2)O[Si@]([O-])(c2ccccc2)O1.[O-][Si]1(c2ccccc2)O[Si@]([O-])(c2ccccc2)O[Si](O)(c2ccccc2)O[Si@]([O-])(c2ccccc2)O1.[Ti+4].[Ti+4]. The van der Waals surface area contributed by atoms with Gasteiger partial charge in [0.1, 0.15) is 0 Å². The summed E-state index contributed by atoms with van der Waals surface area (Å²) in [5.41, 5.74) is 0. The van der Waals surface area contributed by atoms with Crippen LogP contribution in [0.4, 0.5) is 0 Å². The van der Waals surface area contributed by atoms with Gasteiger partial charge >= 0.3 is 61.0 Å². The van der Waals surface area contributed by atoms with E-state index in [9.17, 15) is 48.0 Å². The first-order chi connectivity index (χ1) is 43.5. The van der Waals surface area contributed by atoms with E-state index < -0.39 is 87.1 Å². The summed E-state index contributed by atoms with van der Waals surface area (Å²) >= 11 is 0. The fourth-order valence-electron chi connectivity index (χ4n) is 8.72. The predicted octanol–water partition coefficient (Wildman–Crippen LogP) is -3.82. The minimum absolute atomic E-state index is 0. The Morgan fingerprint density at radius 3 is 0.516 bits per heavy atom. The maximum absolute atomic E-state index is 14.4. The Bertz CT molecular complexity index is 2740. The molecule has 95 heavy (non-hydrogen) atoms. The van der Waals surface area contributed by atoms with Crippen molar-refractivity contribution >= 4 is 129 Å². The maximum Gasteiger partial charge on any atom is 4.00 e. The van der Waals surface area contributed by atoms with Crippen molar-refractivity contribution in [1.82, 2.24) is 0 Å². The van der Waals surface area contributed by atoms with Crippen LogP contribution in [0.5, 0.6) is 0 Å². The van der Waals surface area contributed by atoms with Gasteiger partial charge < -0.3 is 95.8 Å². The largest absolute Gasteiger partial charge is 4.00 e. The molecule has 33 heteroatoms. The number of benzene rings is 8. The Labute approximate surface area is 597 Å². The van der Waals surface area contributed by atoms with E-state index in [4.69, 9.17) is 42.4 Å². The third kappa shape index (κ3) is 25.6. The first kappa shape index (κ1) is 83.9. The van der Waals surface area contributed by atoms with Crippen molar-refractivity contribution in [3.05, 3.63) is 243 Å². The van der Waals surface area contributed by atoms with Crippen molar-refractivity contribution in [1.29, 1.82) is 0 Å². The second kappa shape index (κ2) is 37.8. The number of hydrogen-bond donors (Lipinski definition) is 2. The third-order valence-corrected chi connectivity index (χ3v) is 38.6.